The lowest BCUT2D eigenvalue weighted by Crippen LogP contribution is -2.15. The zero-order valence-electron chi connectivity index (χ0n) is 10.4. The maximum Gasteiger partial charge on any atom is 0.140 e. The first kappa shape index (κ1) is 10.3. The highest BCUT2D eigenvalue weighted by atomic mass is 15.3. The van der Waals surface area contributed by atoms with Crippen molar-refractivity contribution >= 4 is 0 Å². The lowest BCUT2D eigenvalue weighted by Gasteiger charge is -2.25. The van der Waals surface area contributed by atoms with Gasteiger partial charge in [0.2, 0.25) is 0 Å². The van der Waals surface area contributed by atoms with Crippen molar-refractivity contribution in [1.29, 1.82) is 0 Å². The van der Waals surface area contributed by atoms with Crippen LogP contribution >= 0.6 is 0 Å². The summed E-state index contributed by atoms with van der Waals surface area (Å²) in [7, 11) is 0. The molecule has 2 aliphatic carbocycles. The highest BCUT2D eigenvalue weighted by Crippen LogP contribution is 2.41. The lowest BCUT2D eigenvalue weighted by molar-refractivity contribution is 0.553. The van der Waals surface area contributed by atoms with Gasteiger partial charge in [0.1, 0.15) is 12.2 Å². The zero-order chi connectivity index (χ0) is 11.9. The fraction of sp³-hybridized carbons (Fsp3) is 0.467. The standard InChI is InChI=1S/C15H17N3/c1-2-6-13-11(4-1)5-3-7-14(13)15-17-16-10-18(15)12-8-9-12/h1-2,4,6,10,12,14H,3,5,7-9H2. The van der Waals surface area contributed by atoms with E-state index in [2.05, 4.69) is 39.0 Å². The van der Waals surface area contributed by atoms with Gasteiger partial charge in [-0.1, -0.05) is 24.3 Å². The van der Waals surface area contributed by atoms with Crippen molar-refractivity contribution in [2.45, 2.75) is 44.1 Å². The minimum absolute atomic E-state index is 0.457. The Hall–Kier alpha value is -1.64. The molecule has 1 aromatic heterocycles. The second kappa shape index (κ2) is 3.94. The monoisotopic (exact) mass is 239 g/mol. The maximum absolute atomic E-state index is 4.41. The van der Waals surface area contributed by atoms with E-state index >= 15 is 0 Å². The predicted octanol–water partition coefficient (Wildman–Crippen LogP) is 3.08. The summed E-state index contributed by atoms with van der Waals surface area (Å²) in [6.45, 7) is 0. The average Bonchev–Trinajstić information content (AvgIpc) is 3.16. The van der Waals surface area contributed by atoms with E-state index in [1.165, 1.54) is 49.1 Å². The molecule has 1 unspecified atom stereocenters. The number of hydrogen-bond acceptors (Lipinski definition) is 2. The molecular formula is C15H17N3. The lowest BCUT2D eigenvalue weighted by atomic mass is 9.82. The van der Waals surface area contributed by atoms with Crippen LogP contribution in [0.1, 0.15) is 54.6 Å². The molecule has 2 aliphatic rings. The van der Waals surface area contributed by atoms with Gasteiger partial charge in [-0.15, -0.1) is 10.2 Å². The van der Waals surface area contributed by atoms with Crippen LogP contribution in [0.4, 0.5) is 0 Å². The Balaban J connectivity index is 1.79. The first-order valence-electron chi connectivity index (χ1n) is 6.90. The Kier molecular flexibility index (Phi) is 2.25. The smallest absolute Gasteiger partial charge is 0.140 e. The zero-order valence-corrected chi connectivity index (χ0v) is 10.4. The Morgan fingerprint density at radius 3 is 2.89 bits per heavy atom. The van der Waals surface area contributed by atoms with Gasteiger partial charge >= 0.3 is 0 Å². The van der Waals surface area contributed by atoms with Crippen molar-refractivity contribution in [1.82, 2.24) is 14.8 Å². The number of benzene rings is 1. The fourth-order valence-electron chi connectivity index (χ4n) is 3.16. The molecule has 3 heteroatoms. The van der Waals surface area contributed by atoms with E-state index in [4.69, 9.17) is 0 Å². The molecule has 0 radical (unpaired) electrons. The number of aromatic nitrogens is 3. The van der Waals surface area contributed by atoms with Gasteiger partial charge in [-0.25, -0.2) is 0 Å². The molecule has 1 heterocycles. The third-order valence-electron chi connectivity index (χ3n) is 4.22. The number of nitrogens with zero attached hydrogens (tertiary/aromatic N) is 3. The second-order valence-electron chi connectivity index (χ2n) is 5.47. The van der Waals surface area contributed by atoms with Gasteiger partial charge in [-0.3, -0.25) is 0 Å². The van der Waals surface area contributed by atoms with Gasteiger partial charge in [0.25, 0.3) is 0 Å². The molecule has 2 aromatic rings. The SMILES string of the molecule is c1ccc2c(c1)CCCC2c1nncn1C1CC1. The third-order valence-corrected chi connectivity index (χ3v) is 4.22. The number of aryl methyl sites for hydroxylation is 1. The predicted molar refractivity (Wildman–Crippen MR) is 69.5 cm³/mol. The summed E-state index contributed by atoms with van der Waals surface area (Å²) in [5.41, 5.74) is 2.97. The molecule has 0 amide bonds. The molecule has 4 rings (SSSR count). The van der Waals surface area contributed by atoms with Crippen LogP contribution in [0.25, 0.3) is 0 Å². The highest BCUT2D eigenvalue weighted by Gasteiger charge is 2.31. The van der Waals surface area contributed by atoms with Crippen molar-refractivity contribution in [2.24, 2.45) is 0 Å². The molecule has 1 saturated carbocycles. The van der Waals surface area contributed by atoms with Gasteiger partial charge < -0.3 is 4.57 Å². The van der Waals surface area contributed by atoms with Crippen LogP contribution in [0.15, 0.2) is 30.6 Å². The van der Waals surface area contributed by atoms with Crippen LogP contribution in [0, 0.1) is 0 Å². The van der Waals surface area contributed by atoms with E-state index in [0.717, 1.165) is 0 Å². The number of fused-ring (bicyclic) bond motifs is 1. The van der Waals surface area contributed by atoms with Crippen LogP contribution in [0.5, 0.6) is 0 Å². The molecule has 1 atom stereocenters. The Bertz CT molecular complexity index is 569. The molecule has 92 valence electrons. The Morgan fingerprint density at radius 2 is 2.00 bits per heavy atom. The molecule has 1 fully saturated rings. The van der Waals surface area contributed by atoms with Gasteiger partial charge in [0, 0.05) is 12.0 Å². The van der Waals surface area contributed by atoms with Gasteiger partial charge in [0.15, 0.2) is 0 Å². The topological polar surface area (TPSA) is 30.7 Å². The highest BCUT2D eigenvalue weighted by molar-refractivity contribution is 5.36. The molecule has 0 bridgehead atoms. The minimum atomic E-state index is 0.457. The van der Waals surface area contributed by atoms with Gasteiger partial charge in [-0.05, 0) is 43.2 Å². The quantitative estimate of drug-likeness (QED) is 0.806. The van der Waals surface area contributed by atoms with Crippen molar-refractivity contribution in [3.8, 4) is 0 Å². The molecule has 3 nitrogen and oxygen atoms in total. The largest absolute Gasteiger partial charge is 0.314 e. The van der Waals surface area contributed by atoms with E-state index in [1.807, 2.05) is 6.33 Å². The van der Waals surface area contributed by atoms with E-state index in [1.54, 1.807) is 0 Å². The van der Waals surface area contributed by atoms with Crippen LogP contribution in [-0.4, -0.2) is 14.8 Å². The van der Waals surface area contributed by atoms with E-state index < -0.39 is 0 Å². The molecule has 18 heavy (non-hydrogen) atoms. The summed E-state index contributed by atoms with van der Waals surface area (Å²) >= 11 is 0. The molecular weight excluding hydrogens is 222 g/mol. The normalized spacial score (nSPS) is 22.8. The molecule has 0 saturated heterocycles. The van der Waals surface area contributed by atoms with Gasteiger partial charge in [-0.2, -0.15) is 0 Å². The first-order valence-corrected chi connectivity index (χ1v) is 6.90. The number of rotatable bonds is 2. The first-order chi connectivity index (χ1) is 8.93. The summed E-state index contributed by atoms with van der Waals surface area (Å²) in [5, 5.41) is 8.56. The third kappa shape index (κ3) is 1.57. The summed E-state index contributed by atoms with van der Waals surface area (Å²) in [6, 6.07) is 9.50. The summed E-state index contributed by atoms with van der Waals surface area (Å²) in [5.74, 6) is 1.64. The van der Waals surface area contributed by atoms with Crippen molar-refractivity contribution in [3.05, 3.63) is 47.5 Å². The van der Waals surface area contributed by atoms with Crippen LogP contribution in [0.2, 0.25) is 0 Å². The van der Waals surface area contributed by atoms with Crippen molar-refractivity contribution in [3.63, 3.8) is 0 Å². The maximum atomic E-state index is 4.41. The van der Waals surface area contributed by atoms with Crippen LogP contribution < -0.4 is 0 Å². The second-order valence-corrected chi connectivity index (χ2v) is 5.47. The van der Waals surface area contributed by atoms with Crippen LogP contribution in [0.3, 0.4) is 0 Å². The number of hydrogen-bond donors (Lipinski definition) is 0. The van der Waals surface area contributed by atoms with Crippen LogP contribution in [-0.2, 0) is 6.42 Å². The summed E-state index contributed by atoms with van der Waals surface area (Å²) < 4.78 is 2.31. The molecule has 0 spiro atoms. The molecule has 0 aliphatic heterocycles. The minimum Gasteiger partial charge on any atom is -0.314 e. The van der Waals surface area contributed by atoms with Crippen molar-refractivity contribution in [2.75, 3.05) is 0 Å². The fourth-order valence-corrected chi connectivity index (χ4v) is 3.16. The van der Waals surface area contributed by atoms with Crippen molar-refractivity contribution < 1.29 is 0 Å². The summed E-state index contributed by atoms with van der Waals surface area (Å²) in [6.07, 6.45) is 8.19. The Morgan fingerprint density at radius 1 is 1.11 bits per heavy atom. The van der Waals surface area contributed by atoms with E-state index in [9.17, 15) is 0 Å². The van der Waals surface area contributed by atoms with Gasteiger partial charge in [0.05, 0.1) is 0 Å². The average molecular weight is 239 g/mol. The summed E-state index contributed by atoms with van der Waals surface area (Å²) in [4.78, 5) is 0. The van der Waals surface area contributed by atoms with E-state index in [0.29, 0.717) is 12.0 Å². The molecule has 0 N–H and O–H groups in total. The molecule has 1 aromatic carbocycles. The Labute approximate surface area is 107 Å². The van der Waals surface area contributed by atoms with E-state index in [-0.39, 0.29) is 0 Å².